The third kappa shape index (κ3) is 3.75. The van der Waals surface area contributed by atoms with Crippen LogP contribution in [0.15, 0.2) is 49.1 Å². The number of hydrogen-bond acceptors (Lipinski definition) is 4. The highest BCUT2D eigenvalue weighted by Crippen LogP contribution is 2.29. The molecule has 126 valence electrons. The molecule has 4 nitrogen and oxygen atoms in total. The molecule has 4 heteroatoms. The summed E-state index contributed by atoms with van der Waals surface area (Å²) in [4.78, 5) is 11.9. The number of rotatable bonds is 6. The van der Waals surface area contributed by atoms with Crippen LogP contribution in [0.25, 0.3) is 11.3 Å². The summed E-state index contributed by atoms with van der Waals surface area (Å²) in [5.74, 6) is 1.70. The largest absolute Gasteiger partial charge is 0.353 e. The fraction of sp³-hybridized carbons (Fsp3) is 0.400. The maximum absolute atomic E-state index is 4.77. The van der Waals surface area contributed by atoms with E-state index in [9.17, 15) is 0 Å². The van der Waals surface area contributed by atoms with E-state index in [1.54, 1.807) is 0 Å². The molecular formula is C20H26N4. The Morgan fingerprint density at radius 2 is 2.08 bits per heavy atom. The first-order chi connectivity index (χ1) is 11.8. The number of nitrogens with one attached hydrogen (secondary N) is 1. The molecule has 1 aliphatic rings. The van der Waals surface area contributed by atoms with E-state index in [0.29, 0.717) is 18.5 Å². The summed E-state index contributed by atoms with van der Waals surface area (Å²) in [6.07, 6.45) is 6.77. The van der Waals surface area contributed by atoms with Crippen molar-refractivity contribution in [2.75, 3.05) is 23.3 Å². The third-order valence-electron chi connectivity index (χ3n) is 4.58. The van der Waals surface area contributed by atoms with E-state index >= 15 is 0 Å². The fourth-order valence-electron chi connectivity index (χ4n) is 3.31. The van der Waals surface area contributed by atoms with Crippen LogP contribution >= 0.6 is 0 Å². The number of anilines is 2. The van der Waals surface area contributed by atoms with E-state index < -0.39 is 0 Å². The van der Waals surface area contributed by atoms with E-state index in [0.717, 1.165) is 30.0 Å². The average Bonchev–Trinajstić information content (AvgIpc) is 2.66. The van der Waals surface area contributed by atoms with Crippen LogP contribution in [0.4, 0.5) is 11.8 Å². The summed E-state index contributed by atoms with van der Waals surface area (Å²) in [6.45, 7) is 7.76. The highest BCUT2D eigenvalue weighted by Gasteiger charge is 2.23. The number of benzene rings is 1. The first-order valence-electron chi connectivity index (χ1n) is 8.87. The maximum atomic E-state index is 4.77. The normalized spacial score (nSPS) is 17.5. The van der Waals surface area contributed by atoms with E-state index in [4.69, 9.17) is 9.97 Å². The molecule has 0 saturated carbocycles. The Kier molecular flexibility index (Phi) is 5.47. The summed E-state index contributed by atoms with van der Waals surface area (Å²) in [6, 6.07) is 13.0. The molecule has 1 saturated heterocycles. The minimum atomic E-state index is 0.574. The van der Waals surface area contributed by atoms with E-state index in [1.807, 2.05) is 24.3 Å². The number of piperidine rings is 1. The van der Waals surface area contributed by atoms with Gasteiger partial charge in [-0.15, -0.1) is 6.58 Å². The lowest BCUT2D eigenvalue weighted by atomic mass is 10.00. The van der Waals surface area contributed by atoms with Crippen LogP contribution in [0.3, 0.4) is 0 Å². The van der Waals surface area contributed by atoms with Gasteiger partial charge in [-0.25, -0.2) is 4.98 Å². The second-order valence-electron chi connectivity index (χ2n) is 6.22. The van der Waals surface area contributed by atoms with Crippen LogP contribution in [-0.4, -0.2) is 29.1 Å². The zero-order chi connectivity index (χ0) is 16.8. The van der Waals surface area contributed by atoms with Gasteiger partial charge in [0.2, 0.25) is 5.95 Å². The van der Waals surface area contributed by atoms with Crippen molar-refractivity contribution in [2.24, 2.45) is 0 Å². The maximum Gasteiger partial charge on any atom is 0.225 e. The first-order valence-corrected chi connectivity index (χ1v) is 8.87. The van der Waals surface area contributed by atoms with Gasteiger partial charge in [-0.05, 0) is 25.7 Å². The summed E-state index contributed by atoms with van der Waals surface area (Å²) in [5.41, 5.74) is 2.08. The molecule has 3 rings (SSSR count). The lowest BCUT2D eigenvalue weighted by molar-refractivity contribution is 0.447. The minimum absolute atomic E-state index is 0.574. The molecule has 1 N–H and O–H groups in total. The van der Waals surface area contributed by atoms with Crippen molar-refractivity contribution in [3.8, 4) is 11.3 Å². The Balaban J connectivity index is 1.99. The van der Waals surface area contributed by atoms with Gasteiger partial charge in [0.05, 0.1) is 5.69 Å². The number of aromatic nitrogens is 2. The second kappa shape index (κ2) is 7.95. The molecule has 1 aliphatic heterocycles. The van der Waals surface area contributed by atoms with E-state index in [2.05, 4.69) is 41.9 Å². The van der Waals surface area contributed by atoms with Crippen LogP contribution in [-0.2, 0) is 0 Å². The molecule has 1 aromatic carbocycles. The van der Waals surface area contributed by atoms with Gasteiger partial charge in [-0.3, -0.25) is 0 Å². The van der Waals surface area contributed by atoms with Crippen molar-refractivity contribution in [1.29, 1.82) is 0 Å². The van der Waals surface area contributed by atoms with Crippen LogP contribution in [0, 0.1) is 0 Å². The lowest BCUT2D eigenvalue weighted by Gasteiger charge is -2.36. The van der Waals surface area contributed by atoms with Gasteiger partial charge in [-0.2, -0.15) is 4.98 Å². The van der Waals surface area contributed by atoms with Crippen molar-refractivity contribution < 1.29 is 0 Å². The molecule has 1 aromatic heterocycles. The van der Waals surface area contributed by atoms with Gasteiger partial charge in [0.1, 0.15) is 5.82 Å². The molecule has 0 spiro atoms. The second-order valence-corrected chi connectivity index (χ2v) is 6.22. The van der Waals surface area contributed by atoms with Crippen molar-refractivity contribution in [1.82, 2.24) is 9.97 Å². The van der Waals surface area contributed by atoms with Crippen LogP contribution in [0.5, 0.6) is 0 Å². The summed E-state index contributed by atoms with van der Waals surface area (Å²) < 4.78 is 0. The molecule has 1 unspecified atom stereocenters. The van der Waals surface area contributed by atoms with Crippen molar-refractivity contribution >= 4 is 11.8 Å². The molecule has 1 atom stereocenters. The molecule has 24 heavy (non-hydrogen) atoms. The monoisotopic (exact) mass is 322 g/mol. The Morgan fingerprint density at radius 3 is 2.83 bits per heavy atom. The predicted molar refractivity (Wildman–Crippen MR) is 101 cm³/mol. The van der Waals surface area contributed by atoms with E-state index in [-0.39, 0.29) is 0 Å². The molecule has 1 fully saturated rings. The summed E-state index contributed by atoms with van der Waals surface area (Å²) in [5, 5.41) is 3.25. The zero-order valence-corrected chi connectivity index (χ0v) is 14.4. The average molecular weight is 322 g/mol. The smallest absolute Gasteiger partial charge is 0.225 e. The third-order valence-corrected chi connectivity index (χ3v) is 4.58. The Labute approximate surface area is 144 Å². The van der Waals surface area contributed by atoms with Gasteiger partial charge >= 0.3 is 0 Å². The van der Waals surface area contributed by atoms with Crippen LogP contribution < -0.4 is 10.2 Å². The molecule has 0 aliphatic carbocycles. The van der Waals surface area contributed by atoms with Gasteiger partial charge in [0.25, 0.3) is 0 Å². The quantitative estimate of drug-likeness (QED) is 0.794. The van der Waals surface area contributed by atoms with Gasteiger partial charge in [0, 0.05) is 30.8 Å². The molecule has 0 amide bonds. The minimum Gasteiger partial charge on any atom is -0.353 e. The standard InChI is InChI=1S/C20H26N4/c1-3-13-21-20-22-18(16-10-6-5-7-11-16)15-19(23-20)24-14-9-8-12-17(24)4-2/h3,5-7,10-11,15,17H,1,4,8-9,12-14H2,2H3,(H,21,22,23). The molecular weight excluding hydrogens is 296 g/mol. The Bertz CT molecular complexity index is 669. The fourth-order valence-corrected chi connectivity index (χ4v) is 3.31. The highest BCUT2D eigenvalue weighted by atomic mass is 15.2. The number of hydrogen-bond donors (Lipinski definition) is 1. The van der Waals surface area contributed by atoms with E-state index in [1.165, 1.54) is 19.3 Å². The van der Waals surface area contributed by atoms with Gasteiger partial charge in [0.15, 0.2) is 0 Å². The van der Waals surface area contributed by atoms with Crippen molar-refractivity contribution in [2.45, 2.75) is 38.6 Å². The van der Waals surface area contributed by atoms with Gasteiger partial charge < -0.3 is 10.2 Å². The van der Waals surface area contributed by atoms with Crippen molar-refractivity contribution in [3.05, 3.63) is 49.1 Å². The van der Waals surface area contributed by atoms with Crippen LogP contribution in [0.2, 0.25) is 0 Å². The zero-order valence-electron chi connectivity index (χ0n) is 14.4. The highest BCUT2D eigenvalue weighted by molar-refractivity contribution is 5.65. The SMILES string of the molecule is C=CCNc1nc(-c2ccccc2)cc(N2CCCCC2CC)n1. The lowest BCUT2D eigenvalue weighted by Crippen LogP contribution is -2.39. The van der Waals surface area contributed by atoms with Gasteiger partial charge in [-0.1, -0.05) is 43.3 Å². The summed E-state index contributed by atoms with van der Waals surface area (Å²) in [7, 11) is 0. The Morgan fingerprint density at radius 1 is 1.25 bits per heavy atom. The first kappa shape index (κ1) is 16.5. The summed E-state index contributed by atoms with van der Waals surface area (Å²) >= 11 is 0. The van der Waals surface area contributed by atoms with Crippen LogP contribution in [0.1, 0.15) is 32.6 Å². The Hall–Kier alpha value is -2.36. The number of nitrogens with zero attached hydrogens (tertiary/aromatic N) is 3. The molecule has 2 heterocycles. The molecule has 0 radical (unpaired) electrons. The molecule has 2 aromatic rings. The molecule has 0 bridgehead atoms. The van der Waals surface area contributed by atoms with Crippen molar-refractivity contribution in [3.63, 3.8) is 0 Å². The predicted octanol–water partition coefficient (Wildman–Crippen LogP) is 4.51. The topological polar surface area (TPSA) is 41.1 Å².